The summed E-state index contributed by atoms with van der Waals surface area (Å²) < 4.78 is 0. The fourth-order valence-corrected chi connectivity index (χ4v) is 2.77. The van der Waals surface area contributed by atoms with Crippen LogP contribution in [0.15, 0.2) is 29.4 Å². The van der Waals surface area contributed by atoms with Crippen LogP contribution in [0.5, 0.6) is 0 Å². The van der Waals surface area contributed by atoms with Crippen molar-refractivity contribution in [3.05, 3.63) is 34.9 Å². The van der Waals surface area contributed by atoms with Crippen molar-refractivity contribution in [2.24, 2.45) is 10.9 Å². The van der Waals surface area contributed by atoms with Crippen LogP contribution in [0.25, 0.3) is 0 Å². The quantitative estimate of drug-likeness (QED) is 0.388. The van der Waals surface area contributed by atoms with Crippen molar-refractivity contribution in [1.29, 1.82) is 0 Å². The lowest BCUT2D eigenvalue weighted by molar-refractivity contribution is 0.0712. The molecule has 0 saturated heterocycles. The summed E-state index contributed by atoms with van der Waals surface area (Å²) >= 11 is 5.93. The summed E-state index contributed by atoms with van der Waals surface area (Å²) in [5.74, 6) is -0.0988. The molecule has 1 aromatic carbocycles. The first-order valence-electron chi connectivity index (χ1n) is 6.64. The van der Waals surface area contributed by atoms with Crippen LogP contribution in [0, 0.1) is 0 Å². The fourth-order valence-electron chi connectivity index (χ4n) is 2.58. The van der Waals surface area contributed by atoms with E-state index in [1.54, 1.807) is 29.2 Å². The van der Waals surface area contributed by atoms with E-state index in [2.05, 4.69) is 5.16 Å². The van der Waals surface area contributed by atoms with Crippen molar-refractivity contribution in [3.8, 4) is 0 Å². The first-order valence-corrected chi connectivity index (χ1v) is 7.02. The van der Waals surface area contributed by atoms with Gasteiger partial charge in [-0.25, -0.2) is 0 Å². The standard InChI is InChI=1S/C14H18ClN3O2/c15-11-5-3-4-10(8-11)14(19)18(9-13(16)17-20)12-6-1-2-7-12/h3-5,8,12,20H,1-2,6-7,9H2,(H2,16,17). The highest BCUT2D eigenvalue weighted by atomic mass is 35.5. The van der Waals surface area contributed by atoms with Crippen LogP contribution in [0.2, 0.25) is 5.02 Å². The number of hydrogen-bond acceptors (Lipinski definition) is 3. The Kier molecular flexibility index (Phi) is 4.84. The fraction of sp³-hybridized carbons (Fsp3) is 0.429. The third kappa shape index (κ3) is 3.42. The molecule has 1 amide bonds. The summed E-state index contributed by atoms with van der Waals surface area (Å²) in [6.45, 7) is 0.131. The summed E-state index contributed by atoms with van der Waals surface area (Å²) in [4.78, 5) is 14.3. The van der Waals surface area contributed by atoms with Crippen molar-refractivity contribution >= 4 is 23.3 Å². The number of oxime groups is 1. The summed E-state index contributed by atoms with van der Waals surface area (Å²) in [6.07, 6.45) is 4.09. The van der Waals surface area contributed by atoms with E-state index in [9.17, 15) is 4.79 Å². The second-order valence-electron chi connectivity index (χ2n) is 4.97. The smallest absolute Gasteiger partial charge is 0.254 e. The highest BCUT2D eigenvalue weighted by Crippen LogP contribution is 2.25. The van der Waals surface area contributed by atoms with Gasteiger partial charge in [-0.15, -0.1) is 0 Å². The monoisotopic (exact) mass is 295 g/mol. The minimum atomic E-state index is -0.133. The van der Waals surface area contributed by atoms with Gasteiger partial charge in [0.25, 0.3) is 5.91 Å². The largest absolute Gasteiger partial charge is 0.409 e. The number of nitrogens with two attached hydrogens (primary N) is 1. The van der Waals surface area contributed by atoms with Crippen LogP contribution in [0.1, 0.15) is 36.0 Å². The van der Waals surface area contributed by atoms with Gasteiger partial charge < -0.3 is 15.8 Å². The molecule has 1 aliphatic carbocycles. The van der Waals surface area contributed by atoms with E-state index in [1.807, 2.05) is 0 Å². The predicted molar refractivity (Wildman–Crippen MR) is 78.2 cm³/mol. The van der Waals surface area contributed by atoms with Gasteiger partial charge in [0, 0.05) is 16.6 Å². The molecule has 5 nitrogen and oxygen atoms in total. The second-order valence-corrected chi connectivity index (χ2v) is 5.41. The molecular weight excluding hydrogens is 278 g/mol. The van der Waals surface area contributed by atoms with Crippen molar-refractivity contribution in [2.45, 2.75) is 31.7 Å². The number of carbonyl (C=O) groups excluding carboxylic acids is 1. The molecule has 0 atom stereocenters. The van der Waals surface area contributed by atoms with E-state index in [0.717, 1.165) is 25.7 Å². The average Bonchev–Trinajstić information content (AvgIpc) is 2.97. The first-order chi connectivity index (χ1) is 9.61. The van der Waals surface area contributed by atoms with Crippen molar-refractivity contribution in [2.75, 3.05) is 6.54 Å². The molecule has 1 aliphatic rings. The molecule has 1 aromatic rings. The van der Waals surface area contributed by atoms with E-state index in [4.69, 9.17) is 22.5 Å². The van der Waals surface area contributed by atoms with Gasteiger partial charge in [0.2, 0.25) is 0 Å². The van der Waals surface area contributed by atoms with Gasteiger partial charge in [-0.2, -0.15) is 0 Å². The predicted octanol–water partition coefficient (Wildman–Crippen LogP) is 2.47. The zero-order chi connectivity index (χ0) is 14.5. The van der Waals surface area contributed by atoms with Gasteiger partial charge in [-0.3, -0.25) is 4.79 Å². The van der Waals surface area contributed by atoms with Gasteiger partial charge in [-0.1, -0.05) is 35.7 Å². The van der Waals surface area contributed by atoms with Gasteiger partial charge in [-0.05, 0) is 31.0 Å². The maximum Gasteiger partial charge on any atom is 0.254 e. The molecule has 0 heterocycles. The van der Waals surface area contributed by atoms with Gasteiger partial charge >= 0.3 is 0 Å². The molecule has 0 unspecified atom stereocenters. The first kappa shape index (κ1) is 14.7. The zero-order valence-electron chi connectivity index (χ0n) is 11.1. The van der Waals surface area contributed by atoms with Crippen LogP contribution in [-0.4, -0.2) is 34.4 Å². The molecule has 0 aromatic heterocycles. The topological polar surface area (TPSA) is 78.9 Å². The minimum Gasteiger partial charge on any atom is -0.409 e. The summed E-state index contributed by atoms with van der Waals surface area (Å²) in [5.41, 5.74) is 6.09. The Hall–Kier alpha value is -1.75. The Morgan fingerprint density at radius 1 is 1.45 bits per heavy atom. The molecule has 0 bridgehead atoms. The molecule has 3 N–H and O–H groups in total. The normalized spacial score (nSPS) is 16.4. The van der Waals surface area contributed by atoms with Crippen LogP contribution < -0.4 is 5.73 Å². The average molecular weight is 296 g/mol. The number of amides is 1. The van der Waals surface area contributed by atoms with E-state index >= 15 is 0 Å². The van der Waals surface area contributed by atoms with Crippen LogP contribution in [0.3, 0.4) is 0 Å². The molecule has 0 spiro atoms. The van der Waals surface area contributed by atoms with E-state index in [-0.39, 0.29) is 24.3 Å². The van der Waals surface area contributed by atoms with Crippen molar-refractivity contribution < 1.29 is 10.0 Å². The molecule has 20 heavy (non-hydrogen) atoms. The Bertz CT molecular complexity index is 513. The van der Waals surface area contributed by atoms with Crippen LogP contribution in [-0.2, 0) is 0 Å². The minimum absolute atomic E-state index is 0.0345. The molecule has 0 aliphatic heterocycles. The lowest BCUT2D eigenvalue weighted by Crippen LogP contribution is -2.44. The molecule has 0 radical (unpaired) electrons. The Balaban J connectivity index is 2.23. The number of amidine groups is 1. The third-order valence-corrected chi connectivity index (χ3v) is 3.79. The SMILES string of the molecule is NC(CN(C(=O)c1cccc(Cl)c1)C1CCCC1)=NO. The molecule has 6 heteroatoms. The van der Waals surface area contributed by atoms with Gasteiger partial charge in [0.05, 0.1) is 6.54 Å². The maximum absolute atomic E-state index is 12.6. The lowest BCUT2D eigenvalue weighted by Gasteiger charge is -2.28. The molecular formula is C14H18ClN3O2. The number of rotatable bonds is 4. The number of carbonyl (C=O) groups is 1. The van der Waals surface area contributed by atoms with Gasteiger partial charge in [0.15, 0.2) is 5.84 Å². The molecule has 2 rings (SSSR count). The van der Waals surface area contributed by atoms with Gasteiger partial charge in [0.1, 0.15) is 0 Å². The Labute approximate surface area is 123 Å². The number of nitrogens with zero attached hydrogens (tertiary/aromatic N) is 2. The van der Waals surface area contributed by atoms with E-state index in [0.29, 0.717) is 10.6 Å². The second kappa shape index (κ2) is 6.61. The molecule has 1 saturated carbocycles. The highest BCUT2D eigenvalue weighted by Gasteiger charge is 2.28. The van der Waals surface area contributed by atoms with Crippen molar-refractivity contribution in [3.63, 3.8) is 0 Å². The molecule has 108 valence electrons. The Morgan fingerprint density at radius 2 is 2.15 bits per heavy atom. The Morgan fingerprint density at radius 3 is 2.75 bits per heavy atom. The number of hydrogen-bond donors (Lipinski definition) is 2. The number of benzene rings is 1. The number of halogens is 1. The summed E-state index contributed by atoms with van der Waals surface area (Å²) in [6, 6.07) is 6.97. The van der Waals surface area contributed by atoms with E-state index < -0.39 is 0 Å². The lowest BCUT2D eigenvalue weighted by atomic mass is 10.1. The molecule has 1 fully saturated rings. The van der Waals surface area contributed by atoms with Crippen LogP contribution >= 0.6 is 11.6 Å². The van der Waals surface area contributed by atoms with Crippen LogP contribution in [0.4, 0.5) is 0 Å². The highest BCUT2D eigenvalue weighted by molar-refractivity contribution is 6.31. The summed E-state index contributed by atoms with van der Waals surface area (Å²) in [7, 11) is 0. The zero-order valence-corrected chi connectivity index (χ0v) is 11.9. The third-order valence-electron chi connectivity index (χ3n) is 3.56. The summed E-state index contributed by atoms with van der Waals surface area (Å²) in [5, 5.41) is 12.2. The maximum atomic E-state index is 12.6. The van der Waals surface area contributed by atoms with E-state index in [1.165, 1.54) is 0 Å². The van der Waals surface area contributed by atoms with Crippen molar-refractivity contribution in [1.82, 2.24) is 4.90 Å².